The molecule has 0 radical (unpaired) electrons. The van der Waals surface area contributed by atoms with Crippen molar-refractivity contribution in [1.29, 1.82) is 0 Å². The lowest BCUT2D eigenvalue weighted by Gasteiger charge is -2.17. The third kappa shape index (κ3) is 10.7. The van der Waals surface area contributed by atoms with Crippen molar-refractivity contribution in [2.24, 2.45) is 0 Å². The second kappa shape index (κ2) is 16.3. The molecule has 1 aliphatic heterocycles. The fourth-order valence-corrected chi connectivity index (χ4v) is 4.15. The Morgan fingerprint density at radius 2 is 1.41 bits per heavy atom. The molecule has 0 bridgehead atoms. The Hall–Kier alpha value is -1.56. The molecule has 1 amide bonds. The Labute approximate surface area is 179 Å². The van der Waals surface area contributed by atoms with Crippen LogP contribution in [-0.2, 0) is 14.8 Å². The van der Waals surface area contributed by atoms with E-state index in [4.69, 9.17) is 0 Å². The van der Waals surface area contributed by atoms with E-state index in [1.807, 2.05) is 39.8 Å². The quantitative estimate of drug-likeness (QED) is 0.473. The first-order valence-corrected chi connectivity index (χ1v) is 12.9. The molecule has 168 valence electrons. The largest absolute Gasteiger partial charge is 0.372 e. The Morgan fingerprint density at radius 3 is 1.97 bits per heavy atom. The van der Waals surface area contributed by atoms with E-state index in [1.165, 1.54) is 32.1 Å². The molecule has 1 heterocycles. The summed E-state index contributed by atoms with van der Waals surface area (Å²) in [6.07, 6.45) is 9.01. The van der Waals surface area contributed by atoms with E-state index >= 15 is 0 Å². The lowest BCUT2D eigenvalue weighted by Crippen LogP contribution is -2.30. The number of hydrogen-bond donors (Lipinski definition) is 1. The molecule has 0 spiro atoms. The molecule has 1 fully saturated rings. The van der Waals surface area contributed by atoms with Gasteiger partial charge in [0.15, 0.2) is 0 Å². The van der Waals surface area contributed by atoms with Gasteiger partial charge in [-0.3, -0.25) is 4.79 Å². The van der Waals surface area contributed by atoms with Crippen molar-refractivity contribution in [2.75, 3.05) is 18.0 Å². The zero-order chi connectivity index (χ0) is 22.1. The predicted octanol–water partition coefficient (Wildman–Crippen LogP) is 5.89. The van der Waals surface area contributed by atoms with Crippen molar-refractivity contribution in [3.05, 3.63) is 24.3 Å². The minimum atomic E-state index is -3.77. The summed E-state index contributed by atoms with van der Waals surface area (Å²) in [7, 11) is -3.77. The molecule has 29 heavy (non-hydrogen) atoms. The normalized spacial score (nSPS) is 13.1. The van der Waals surface area contributed by atoms with Gasteiger partial charge in [-0.25, -0.2) is 13.1 Å². The summed E-state index contributed by atoms with van der Waals surface area (Å²) in [5.41, 5.74) is 1.04. The molecular weight excluding hydrogens is 384 g/mol. The highest BCUT2D eigenvalue weighted by atomic mass is 32.2. The van der Waals surface area contributed by atoms with Crippen LogP contribution in [0.3, 0.4) is 0 Å². The number of rotatable bonds is 10. The number of nitrogens with one attached hydrogen (secondary N) is 1. The molecule has 6 heteroatoms. The lowest BCUT2D eigenvalue weighted by atomic mass is 10.1. The van der Waals surface area contributed by atoms with E-state index < -0.39 is 15.9 Å². The van der Waals surface area contributed by atoms with Gasteiger partial charge in [0, 0.05) is 25.2 Å². The van der Waals surface area contributed by atoms with Crippen molar-refractivity contribution < 1.29 is 13.2 Å². The van der Waals surface area contributed by atoms with Gasteiger partial charge in [0.25, 0.3) is 10.0 Å². The molecule has 0 saturated carbocycles. The van der Waals surface area contributed by atoms with Gasteiger partial charge in [-0.05, 0) is 43.5 Å². The van der Waals surface area contributed by atoms with Crippen molar-refractivity contribution >= 4 is 21.6 Å². The maximum absolute atomic E-state index is 12.3. The van der Waals surface area contributed by atoms with Gasteiger partial charge < -0.3 is 4.90 Å². The standard InChI is InChI=1S/C19H30N2O3S.2C2H6/c1-2-3-4-5-6-7-10-19(22)20-25(23,24)18-13-11-17(12-14-18)21-15-8-9-16-21;2*1-2/h11-14H,2-10,15-16H2,1H3,(H,20,22);2*1-2H3. The SMILES string of the molecule is CC.CC.CCCCCCCCC(=O)NS(=O)(=O)c1ccc(N2CCCC2)cc1. The predicted molar refractivity (Wildman–Crippen MR) is 124 cm³/mol. The van der Waals surface area contributed by atoms with E-state index in [-0.39, 0.29) is 11.3 Å². The highest BCUT2D eigenvalue weighted by Crippen LogP contribution is 2.22. The van der Waals surface area contributed by atoms with Crippen LogP contribution in [0.4, 0.5) is 5.69 Å². The van der Waals surface area contributed by atoms with Crippen LogP contribution in [0.5, 0.6) is 0 Å². The smallest absolute Gasteiger partial charge is 0.264 e. The van der Waals surface area contributed by atoms with Gasteiger partial charge in [0.1, 0.15) is 0 Å². The van der Waals surface area contributed by atoms with E-state index in [0.717, 1.165) is 38.0 Å². The van der Waals surface area contributed by atoms with Gasteiger partial charge in [-0.15, -0.1) is 0 Å². The molecule has 0 aromatic heterocycles. The number of unbranched alkanes of at least 4 members (excludes halogenated alkanes) is 5. The van der Waals surface area contributed by atoms with Crippen LogP contribution in [0.2, 0.25) is 0 Å². The lowest BCUT2D eigenvalue weighted by molar-refractivity contribution is -0.119. The van der Waals surface area contributed by atoms with Crippen molar-refractivity contribution in [2.45, 2.75) is 97.3 Å². The minimum Gasteiger partial charge on any atom is -0.372 e. The number of sulfonamides is 1. The Balaban J connectivity index is 0.00000184. The zero-order valence-corrected chi connectivity index (χ0v) is 20.0. The van der Waals surface area contributed by atoms with Crippen LogP contribution in [0, 0.1) is 0 Å². The van der Waals surface area contributed by atoms with Crippen molar-refractivity contribution in [3.63, 3.8) is 0 Å². The number of carbonyl (C=O) groups excluding carboxylic acids is 1. The Bertz CT molecular complexity index is 637. The first-order valence-electron chi connectivity index (χ1n) is 11.4. The number of nitrogens with zero attached hydrogens (tertiary/aromatic N) is 1. The van der Waals surface area contributed by atoms with Crippen LogP contribution in [0.15, 0.2) is 29.2 Å². The number of benzene rings is 1. The number of carbonyl (C=O) groups is 1. The second-order valence-corrected chi connectivity index (χ2v) is 8.42. The molecule has 5 nitrogen and oxygen atoms in total. The summed E-state index contributed by atoms with van der Waals surface area (Å²) in [6.45, 7) is 12.2. The molecule has 1 aliphatic rings. The average Bonchev–Trinajstić information content (AvgIpc) is 3.28. The summed E-state index contributed by atoms with van der Waals surface area (Å²) < 4.78 is 26.8. The van der Waals surface area contributed by atoms with Crippen LogP contribution in [0.1, 0.15) is 92.4 Å². The second-order valence-electron chi connectivity index (χ2n) is 6.73. The Morgan fingerprint density at radius 1 is 0.897 bits per heavy atom. The van der Waals surface area contributed by atoms with Crippen LogP contribution in [-0.4, -0.2) is 27.4 Å². The monoisotopic (exact) mass is 426 g/mol. The fraction of sp³-hybridized carbons (Fsp3) is 0.696. The van der Waals surface area contributed by atoms with Crippen molar-refractivity contribution in [3.8, 4) is 0 Å². The summed E-state index contributed by atoms with van der Waals surface area (Å²) >= 11 is 0. The van der Waals surface area contributed by atoms with Gasteiger partial charge in [-0.1, -0.05) is 66.7 Å². The third-order valence-electron chi connectivity index (χ3n) is 4.62. The van der Waals surface area contributed by atoms with E-state index in [1.54, 1.807) is 12.1 Å². The number of amides is 1. The molecule has 1 saturated heterocycles. The molecule has 0 aliphatic carbocycles. The third-order valence-corrected chi connectivity index (χ3v) is 6.01. The maximum atomic E-state index is 12.3. The van der Waals surface area contributed by atoms with Crippen LogP contribution in [0.25, 0.3) is 0 Å². The summed E-state index contributed by atoms with van der Waals surface area (Å²) in [4.78, 5) is 14.3. The van der Waals surface area contributed by atoms with Crippen LogP contribution < -0.4 is 9.62 Å². The van der Waals surface area contributed by atoms with Gasteiger partial charge >= 0.3 is 0 Å². The Kier molecular flexibility index (Phi) is 15.4. The number of hydrogen-bond acceptors (Lipinski definition) is 4. The van der Waals surface area contributed by atoms with Crippen LogP contribution >= 0.6 is 0 Å². The molecule has 1 aromatic carbocycles. The highest BCUT2D eigenvalue weighted by Gasteiger charge is 2.18. The summed E-state index contributed by atoms with van der Waals surface area (Å²) in [5.74, 6) is -0.417. The van der Waals surface area contributed by atoms with E-state index in [2.05, 4.69) is 16.5 Å². The molecule has 0 unspecified atom stereocenters. The zero-order valence-electron chi connectivity index (χ0n) is 19.2. The topological polar surface area (TPSA) is 66.5 Å². The van der Waals surface area contributed by atoms with E-state index in [9.17, 15) is 13.2 Å². The van der Waals surface area contributed by atoms with E-state index in [0.29, 0.717) is 0 Å². The maximum Gasteiger partial charge on any atom is 0.264 e. The van der Waals surface area contributed by atoms with Gasteiger partial charge in [-0.2, -0.15) is 0 Å². The molecule has 2 rings (SSSR count). The summed E-state index contributed by atoms with van der Waals surface area (Å²) in [5, 5.41) is 0. The fourth-order valence-electron chi connectivity index (χ4n) is 3.14. The van der Waals surface area contributed by atoms with Gasteiger partial charge in [0.05, 0.1) is 4.90 Å². The first-order chi connectivity index (χ1) is 14.0. The molecular formula is C23H42N2O3S. The first kappa shape index (κ1) is 27.4. The highest BCUT2D eigenvalue weighted by molar-refractivity contribution is 7.90. The number of anilines is 1. The molecule has 0 atom stereocenters. The average molecular weight is 427 g/mol. The van der Waals surface area contributed by atoms with Crippen molar-refractivity contribution in [1.82, 2.24) is 4.72 Å². The molecule has 1 N–H and O–H groups in total. The summed E-state index contributed by atoms with van der Waals surface area (Å²) in [6, 6.07) is 6.79. The van der Waals surface area contributed by atoms with Gasteiger partial charge in [0.2, 0.25) is 5.91 Å². The molecule has 1 aromatic rings. The minimum absolute atomic E-state index is 0.145.